The molecule has 2 aromatic heterocycles. The molecule has 0 aliphatic heterocycles. The molecule has 0 saturated heterocycles. The van der Waals surface area contributed by atoms with Crippen LogP contribution < -0.4 is 15.6 Å². The second-order valence-electron chi connectivity index (χ2n) is 8.33. The molecule has 0 radical (unpaired) electrons. The number of para-hydroxylation sites is 1. The summed E-state index contributed by atoms with van der Waals surface area (Å²) in [5, 5.41) is 2.87. The molecule has 3 aromatic carbocycles. The SMILES string of the molecule is Cc1c(NC(=O)c2sc(-c3ccccc3)cc2OCc2ccccc2)c(=O)n(-c2ccccc2)n1C. The van der Waals surface area contributed by atoms with E-state index in [1.54, 1.807) is 16.4 Å². The smallest absolute Gasteiger partial charge is 0.295 e. The van der Waals surface area contributed by atoms with Crippen molar-refractivity contribution in [3.63, 3.8) is 0 Å². The molecule has 0 spiro atoms. The summed E-state index contributed by atoms with van der Waals surface area (Å²) in [6.45, 7) is 2.14. The maximum absolute atomic E-state index is 13.5. The maximum atomic E-state index is 13.5. The van der Waals surface area contributed by atoms with E-state index in [-0.39, 0.29) is 17.2 Å². The van der Waals surface area contributed by atoms with Crippen molar-refractivity contribution in [1.29, 1.82) is 0 Å². The predicted molar refractivity (Wildman–Crippen MR) is 144 cm³/mol. The highest BCUT2D eigenvalue weighted by Gasteiger charge is 2.23. The van der Waals surface area contributed by atoms with Crippen LogP contribution in [0, 0.1) is 6.92 Å². The quantitative estimate of drug-likeness (QED) is 0.299. The Labute approximate surface area is 213 Å². The van der Waals surface area contributed by atoms with E-state index in [0.717, 1.165) is 21.7 Å². The standard InChI is InChI=1S/C29H25N3O3S/c1-20-26(29(34)32(31(20)2)23-16-10-5-11-17-23)30-28(33)27-24(35-19-21-12-6-3-7-13-21)18-25(36-27)22-14-8-4-9-15-22/h3-18H,19H2,1-2H3,(H,30,33). The van der Waals surface area contributed by atoms with Crippen LogP contribution >= 0.6 is 11.3 Å². The predicted octanol–water partition coefficient (Wildman–Crippen LogP) is 6.04. The van der Waals surface area contributed by atoms with Gasteiger partial charge < -0.3 is 10.1 Å². The van der Waals surface area contributed by atoms with Crippen LogP contribution in [0.4, 0.5) is 5.69 Å². The minimum atomic E-state index is -0.378. The first-order valence-electron chi connectivity index (χ1n) is 11.5. The lowest BCUT2D eigenvalue weighted by molar-refractivity contribution is 0.102. The minimum Gasteiger partial charge on any atom is -0.487 e. The van der Waals surface area contributed by atoms with Crippen LogP contribution in [0.2, 0.25) is 0 Å². The second-order valence-corrected chi connectivity index (χ2v) is 9.39. The van der Waals surface area contributed by atoms with E-state index in [0.29, 0.717) is 22.9 Å². The summed E-state index contributed by atoms with van der Waals surface area (Å²) in [7, 11) is 1.80. The molecule has 180 valence electrons. The Bertz CT molecular complexity index is 1550. The monoisotopic (exact) mass is 495 g/mol. The van der Waals surface area contributed by atoms with E-state index in [1.165, 1.54) is 11.3 Å². The Morgan fingerprint density at radius 2 is 1.53 bits per heavy atom. The van der Waals surface area contributed by atoms with E-state index in [4.69, 9.17) is 4.74 Å². The van der Waals surface area contributed by atoms with Gasteiger partial charge >= 0.3 is 0 Å². The van der Waals surface area contributed by atoms with Gasteiger partial charge in [0.2, 0.25) is 0 Å². The van der Waals surface area contributed by atoms with E-state index in [1.807, 2.05) is 104 Å². The number of hydrogen-bond donors (Lipinski definition) is 1. The molecule has 2 heterocycles. The summed E-state index contributed by atoms with van der Waals surface area (Å²) >= 11 is 1.34. The van der Waals surface area contributed by atoms with Crippen molar-refractivity contribution < 1.29 is 9.53 Å². The first-order chi connectivity index (χ1) is 17.5. The summed E-state index contributed by atoms with van der Waals surface area (Å²) in [5.41, 5.74) is 3.33. The van der Waals surface area contributed by atoms with Crippen molar-refractivity contribution in [2.45, 2.75) is 13.5 Å². The number of amides is 1. The Hall–Kier alpha value is -4.36. The number of thiophene rings is 1. The van der Waals surface area contributed by atoms with Gasteiger partial charge in [-0.15, -0.1) is 11.3 Å². The highest BCUT2D eigenvalue weighted by atomic mass is 32.1. The first-order valence-corrected chi connectivity index (χ1v) is 12.4. The molecule has 7 heteroatoms. The van der Waals surface area contributed by atoms with E-state index in [2.05, 4.69) is 5.32 Å². The maximum Gasteiger partial charge on any atom is 0.295 e. The number of carbonyl (C=O) groups excluding carboxylic acids is 1. The molecule has 1 amide bonds. The van der Waals surface area contributed by atoms with Crippen LogP contribution in [0.25, 0.3) is 16.1 Å². The molecule has 0 fully saturated rings. The Morgan fingerprint density at radius 3 is 2.19 bits per heavy atom. The van der Waals surface area contributed by atoms with E-state index in [9.17, 15) is 9.59 Å². The minimum absolute atomic E-state index is 0.245. The third-order valence-corrected chi connectivity index (χ3v) is 7.16. The number of anilines is 1. The zero-order valence-electron chi connectivity index (χ0n) is 20.0. The summed E-state index contributed by atoms with van der Waals surface area (Å²) in [4.78, 5) is 28.1. The summed E-state index contributed by atoms with van der Waals surface area (Å²) in [5.74, 6) is 0.105. The molecule has 5 aromatic rings. The lowest BCUT2D eigenvalue weighted by Gasteiger charge is -2.08. The van der Waals surface area contributed by atoms with Crippen LogP contribution in [-0.4, -0.2) is 15.3 Å². The third kappa shape index (κ3) is 4.61. The van der Waals surface area contributed by atoms with Crippen LogP contribution in [0.15, 0.2) is 102 Å². The van der Waals surface area contributed by atoms with Crippen molar-refractivity contribution >= 4 is 22.9 Å². The fraction of sp³-hybridized carbons (Fsp3) is 0.103. The summed E-state index contributed by atoms with van der Waals surface area (Å²) in [6, 6.07) is 30.9. The number of hydrogen-bond acceptors (Lipinski definition) is 4. The molecule has 0 atom stereocenters. The normalized spacial score (nSPS) is 10.8. The number of nitrogens with zero attached hydrogens (tertiary/aromatic N) is 2. The average molecular weight is 496 g/mol. The number of aromatic nitrogens is 2. The van der Waals surface area contributed by atoms with Crippen molar-refractivity contribution in [2.75, 3.05) is 5.32 Å². The molecule has 5 rings (SSSR count). The van der Waals surface area contributed by atoms with Crippen LogP contribution in [0.1, 0.15) is 20.9 Å². The van der Waals surface area contributed by atoms with Crippen molar-refractivity contribution in [1.82, 2.24) is 9.36 Å². The zero-order chi connectivity index (χ0) is 25.1. The molecule has 0 aliphatic carbocycles. The van der Waals surface area contributed by atoms with E-state index < -0.39 is 0 Å². The van der Waals surface area contributed by atoms with Gasteiger partial charge in [-0.1, -0.05) is 78.9 Å². The van der Waals surface area contributed by atoms with E-state index >= 15 is 0 Å². The highest BCUT2D eigenvalue weighted by Crippen LogP contribution is 2.37. The number of nitrogens with one attached hydrogen (secondary N) is 1. The number of carbonyl (C=O) groups is 1. The Kier molecular flexibility index (Phi) is 6.56. The summed E-state index contributed by atoms with van der Waals surface area (Å²) < 4.78 is 9.39. The molecular formula is C29H25N3O3S. The van der Waals surface area contributed by atoms with Gasteiger partial charge in [0.25, 0.3) is 11.5 Å². The molecule has 0 aliphatic rings. The number of benzene rings is 3. The number of rotatable bonds is 7. The van der Waals surface area contributed by atoms with Gasteiger partial charge in [0.1, 0.15) is 22.9 Å². The van der Waals surface area contributed by atoms with Gasteiger partial charge in [0, 0.05) is 11.9 Å². The molecule has 0 saturated carbocycles. The summed E-state index contributed by atoms with van der Waals surface area (Å²) in [6.07, 6.45) is 0. The molecule has 36 heavy (non-hydrogen) atoms. The van der Waals surface area contributed by atoms with Gasteiger partial charge in [0.05, 0.1) is 11.4 Å². The molecular weight excluding hydrogens is 470 g/mol. The second kappa shape index (κ2) is 10.1. The van der Waals surface area contributed by atoms with Crippen molar-refractivity contribution in [3.05, 3.63) is 124 Å². The lowest BCUT2D eigenvalue weighted by Crippen LogP contribution is -2.22. The van der Waals surface area contributed by atoms with Gasteiger partial charge in [-0.05, 0) is 36.2 Å². The van der Waals surface area contributed by atoms with Crippen molar-refractivity contribution in [3.8, 4) is 21.9 Å². The molecule has 0 unspecified atom stereocenters. The Morgan fingerprint density at radius 1 is 0.917 bits per heavy atom. The molecule has 6 nitrogen and oxygen atoms in total. The largest absolute Gasteiger partial charge is 0.487 e. The Balaban J connectivity index is 1.49. The fourth-order valence-electron chi connectivity index (χ4n) is 4.00. The van der Waals surface area contributed by atoms with Gasteiger partial charge in [0.15, 0.2) is 0 Å². The highest BCUT2D eigenvalue weighted by molar-refractivity contribution is 7.17. The third-order valence-electron chi connectivity index (χ3n) is 5.99. The fourth-order valence-corrected chi connectivity index (χ4v) is 5.00. The topological polar surface area (TPSA) is 65.3 Å². The average Bonchev–Trinajstić information content (AvgIpc) is 3.44. The van der Waals surface area contributed by atoms with Crippen molar-refractivity contribution in [2.24, 2.45) is 7.05 Å². The van der Waals surface area contributed by atoms with Crippen LogP contribution in [0.5, 0.6) is 5.75 Å². The van der Waals surface area contributed by atoms with Crippen LogP contribution in [0.3, 0.4) is 0 Å². The number of ether oxygens (including phenoxy) is 1. The molecule has 0 bridgehead atoms. The van der Waals surface area contributed by atoms with Gasteiger partial charge in [-0.2, -0.15) is 0 Å². The zero-order valence-corrected chi connectivity index (χ0v) is 20.8. The van der Waals surface area contributed by atoms with Crippen LogP contribution in [-0.2, 0) is 13.7 Å². The lowest BCUT2D eigenvalue weighted by atomic mass is 10.2. The molecule has 1 N–H and O–H groups in total. The van der Waals surface area contributed by atoms with Gasteiger partial charge in [-0.25, -0.2) is 4.68 Å². The first kappa shape index (κ1) is 23.4. The van der Waals surface area contributed by atoms with Gasteiger partial charge in [-0.3, -0.25) is 14.3 Å².